The van der Waals surface area contributed by atoms with Gasteiger partial charge in [0.2, 0.25) is 11.8 Å². The number of carbonyl (C=O) groups is 2. The average Bonchev–Trinajstić information content (AvgIpc) is 3.04. The first-order valence-electron chi connectivity index (χ1n) is 14.8. The number of nitrogens with one attached hydrogen (secondary N) is 1. The van der Waals surface area contributed by atoms with Crippen molar-refractivity contribution in [1.82, 2.24) is 10.2 Å². The van der Waals surface area contributed by atoms with Gasteiger partial charge in [0.15, 0.2) is 0 Å². The zero-order chi connectivity index (χ0) is 33.4. The van der Waals surface area contributed by atoms with Crippen LogP contribution in [0.25, 0.3) is 0 Å². The van der Waals surface area contributed by atoms with Gasteiger partial charge in [-0.3, -0.25) is 13.9 Å². The number of sulfonamides is 1. The normalized spacial score (nSPS) is 12.7. The van der Waals surface area contributed by atoms with Crippen molar-refractivity contribution in [1.29, 1.82) is 0 Å². The van der Waals surface area contributed by atoms with Crippen LogP contribution in [0.1, 0.15) is 37.0 Å². The third-order valence-corrected chi connectivity index (χ3v) is 10.5. The largest absolute Gasteiger partial charge is 0.352 e. The van der Waals surface area contributed by atoms with Crippen molar-refractivity contribution in [3.05, 3.63) is 129 Å². The van der Waals surface area contributed by atoms with Crippen molar-refractivity contribution in [2.75, 3.05) is 10.8 Å². The molecule has 0 aliphatic heterocycles. The van der Waals surface area contributed by atoms with Crippen molar-refractivity contribution in [2.45, 2.75) is 57.1 Å². The highest BCUT2D eigenvalue weighted by Crippen LogP contribution is 2.35. The van der Waals surface area contributed by atoms with Crippen LogP contribution in [0.15, 0.2) is 102 Å². The van der Waals surface area contributed by atoms with Crippen LogP contribution in [-0.4, -0.2) is 43.8 Å². The number of anilines is 1. The molecule has 7 nitrogen and oxygen atoms in total. The van der Waals surface area contributed by atoms with Gasteiger partial charge in [-0.25, -0.2) is 8.42 Å². The molecule has 0 radical (unpaired) electrons. The van der Waals surface area contributed by atoms with E-state index in [9.17, 15) is 18.0 Å². The molecule has 0 aliphatic rings. The lowest BCUT2D eigenvalue weighted by molar-refractivity contribution is -0.140. The molecule has 4 rings (SSSR count). The van der Waals surface area contributed by atoms with E-state index in [0.29, 0.717) is 17.0 Å². The molecule has 0 aliphatic carbocycles. The fraction of sp³-hybridized carbons (Fsp3) is 0.257. The van der Waals surface area contributed by atoms with Gasteiger partial charge in [-0.15, -0.1) is 0 Å². The number of halogens is 3. The second-order valence-corrected chi connectivity index (χ2v) is 14.2. The number of amides is 2. The number of nitrogens with zero attached hydrogens (tertiary/aromatic N) is 2. The van der Waals surface area contributed by atoms with Crippen LogP contribution in [0, 0.1) is 6.92 Å². The minimum atomic E-state index is -4.32. The van der Waals surface area contributed by atoms with Crippen molar-refractivity contribution in [3.8, 4) is 0 Å². The van der Waals surface area contributed by atoms with Crippen molar-refractivity contribution in [2.24, 2.45) is 0 Å². The topological polar surface area (TPSA) is 86.8 Å². The molecular weight excluding hydrogens is 665 g/mol. The van der Waals surface area contributed by atoms with Gasteiger partial charge in [-0.2, -0.15) is 0 Å². The molecule has 0 saturated heterocycles. The summed E-state index contributed by atoms with van der Waals surface area (Å²) in [6.07, 6.45) is 0.885. The van der Waals surface area contributed by atoms with Crippen LogP contribution in [0.3, 0.4) is 0 Å². The molecule has 0 aromatic heterocycles. The maximum atomic E-state index is 14.6. The van der Waals surface area contributed by atoms with E-state index in [1.165, 1.54) is 29.2 Å². The van der Waals surface area contributed by atoms with E-state index >= 15 is 0 Å². The van der Waals surface area contributed by atoms with Crippen molar-refractivity contribution in [3.63, 3.8) is 0 Å². The Balaban J connectivity index is 1.83. The minimum absolute atomic E-state index is 0.0170. The Kier molecular flexibility index (Phi) is 12.1. The lowest BCUT2D eigenvalue weighted by Crippen LogP contribution is -2.54. The molecule has 11 heteroatoms. The Labute approximate surface area is 286 Å². The van der Waals surface area contributed by atoms with Crippen LogP contribution < -0.4 is 9.62 Å². The summed E-state index contributed by atoms with van der Waals surface area (Å²) in [7, 11) is -4.32. The zero-order valence-corrected chi connectivity index (χ0v) is 28.9. The molecule has 1 N–H and O–H groups in total. The molecule has 0 fully saturated rings. The van der Waals surface area contributed by atoms with Gasteiger partial charge >= 0.3 is 0 Å². The van der Waals surface area contributed by atoms with E-state index in [4.69, 9.17) is 34.8 Å². The number of hydrogen-bond acceptors (Lipinski definition) is 4. The molecule has 0 bridgehead atoms. The lowest BCUT2D eigenvalue weighted by atomic mass is 10.0. The molecule has 46 heavy (non-hydrogen) atoms. The van der Waals surface area contributed by atoms with Gasteiger partial charge in [0, 0.05) is 24.0 Å². The van der Waals surface area contributed by atoms with Crippen LogP contribution in [0.2, 0.25) is 15.1 Å². The van der Waals surface area contributed by atoms with Gasteiger partial charge in [-0.05, 0) is 67.8 Å². The van der Waals surface area contributed by atoms with Crippen molar-refractivity contribution >= 4 is 62.3 Å². The fourth-order valence-corrected chi connectivity index (χ4v) is 6.82. The smallest absolute Gasteiger partial charge is 0.264 e. The summed E-state index contributed by atoms with van der Waals surface area (Å²) in [5.74, 6) is -0.962. The Bertz CT molecular complexity index is 1750. The van der Waals surface area contributed by atoms with E-state index in [-0.39, 0.29) is 45.5 Å². The first-order chi connectivity index (χ1) is 21.9. The zero-order valence-electron chi connectivity index (χ0n) is 25.8. The molecule has 2 atom stereocenters. The van der Waals surface area contributed by atoms with Gasteiger partial charge < -0.3 is 10.2 Å². The van der Waals surface area contributed by atoms with Crippen LogP contribution in [0.5, 0.6) is 0 Å². The summed E-state index contributed by atoms with van der Waals surface area (Å²) < 4.78 is 29.4. The highest BCUT2D eigenvalue weighted by Gasteiger charge is 2.35. The predicted molar refractivity (Wildman–Crippen MR) is 186 cm³/mol. The summed E-state index contributed by atoms with van der Waals surface area (Å²) in [6.45, 7) is 5.06. The average molecular weight is 701 g/mol. The SMILES string of the molecule is CC[C@H](C)NC(=O)[C@@H](Cc1ccccc1)N(Cc1ccc(Cl)cc1)C(=O)CN(c1cccc(Cl)c1Cl)S(=O)(=O)c1ccc(C)cc1. The Morgan fingerprint density at radius 3 is 2.11 bits per heavy atom. The van der Waals surface area contributed by atoms with Gasteiger partial charge in [0.1, 0.15) is 12.6 Å². The van der Waals surface area contributed by atoms with Gasteiger partial charge in [-0.1, -0.05) is 108 Å². The van der Waals surface area contributed by atoms with E-state index in [2.05, 4.69) is 5.32 Å². The van der Waals surface area contributed by atoms with E-state index in [0.717, 1.165) is 15.4 Å². The summed E-state index contributed by atoms with van der Waals surface area (Å²) in [5.41, 5.74) is 2.45. The second kappa shape index (κ2) is 15.8. The van der Waals surface area contributed by atoms with E-state index in [1.54, 1.807) is 42.5 Å². The molecule has 0 heterocycles. The molecule has 0 unspecified atom stereocenters. The molecule has 0 saturated carbocycles. The number of aryl methyl sites for hydroxylation is 1. The van der Waals surface area contributed by atoms with E-state index < -0.39 is 28.5 Å². The number of carbonyl (C=O) groups excluding carboxylic acids is 2. The maximum absolute atomic E-state index is 14.6. The Morgan fingerprint density at radius 2 is 1.48 bits per heavy atom. The maximum Gasteiger partial charge on any atom is 0.264 e. The molecule has 4 aromatic rings. The molecule has 242 valence electrons. The Morgan fingerprint density at radius 1 is 0.826 bits per heavy atom. The summed E-state index contributed by atoms with van der Waals surface area (Å²) in [4.78, 5) is 29.9. The van der Waals surface area contributed by atoms with Crippen LogP contribution in [0.4, 0.5) is 5.69 Å². The quantitative estimate of drug-likeness (QED) is 0.155. The van der Waals surface area contributed by atoms with Gasteiger partial charge in [0.25, 0.3) is 10.0 Å². The molecule has 0 spiro atoms. The highest BCUT2D eigenvalue weighted by molar-refractivity contribution is 7.92. The van der Waals surface area contributed by atoms with Crippen LogP contribution in [-0.2, 0) is 32.6 Å². The third-order valence-electron chi connectivity index (χ3n) is 7.63. The van der Waals surface area contributed by atoms with Crippen molar-refractivity contribution < 1.29 is 18.0 Å². The van der Waals surface area contributed by atoms with Crippen LogP contribution >= 0.6 is 34.8 Å². The monoisotopic (exact) mass is 699 g/mol. The summed E-state index contributed by atoms with van der Waals surface area (Å²) in [5, 5.41) is 3.64. The Hall–Kier alpha value is -3.56. The molecule has 4 aromatic carbocycles. The lowest BCUT2D eigenvalue weighted by Gasteiger charge is -2.34. The molecule has 2 amide bonds. The van der Waals surface area contributed by atoms with E-state index in [1.807, 2.05) is 51.1 Å². The number of rotatable bonds is 13. The number of hydrogen-bond donors (Lipinski definition) is 1. The summed E-state index contributed by atoms with van der Waals surface area (Å²) in [6, 6.07) is 26.1. The first-order valence-corrected chi connectivity index (χ1v) is 17.4. The summed E-state index contributed by atoms with van der Waals surface area (Å²) >= 11 is 19.0. The molecular formula is C35H36Cl3N3O4S. The third kappa shape index (κ3) is 8.82. The van der Waals surface area contributed by atoms with Gasteiger partial charge in [0.05, 0.1) is 20.6 Å². The standard InChI is InChI=1S/C35H36Cl3N3O4S/c1-4-25(3)39-35(43)32(21-26-9-6-5-7-10-26)40(22-27-15-17-28(36)18-16-27)33(42)23-41(31-12-8-11-30(37)34(31)38)46(44,45)29-19-13-24(2)14-20-29/h5-20,25,32H,4,21-23H2,1-3H3,(H,39,43)/t25-,32+/m0/s1. The minimum Gasteiger partial charge on any atom is -0.352 e. The fourth-order valence-electron chi connectivity index (χ4n) is 4.82. The highest BCUT2D eigenvalue weighted by atomic mass is 35.5. The second-order valence-electron chi connectivity index (χ2n) is 11.1. The first kappa shape index (κ1) is 35.3. The number of benzene rings is 4. The predicted octanol–water partition coefficient (Wildman–Crippen LogP) is 7.71.